The smallest absolute Gasteiger partial charge is 0.335 e. The number of ether oxygens (including phenoxy) is 3. The number of benzene rings is 3. The van der Waals surface area contributed by atoms with Crippen LogP contribution in [0.1, 0.15) is 29.6 Å². The number of likely N-dealkylation sites (tertiary alicyclic amines) is 1. The second kappa shape index (κ2) is 14.1. The van der Waals surface area contributed by atoms with Crippen molar-refractivity contribution in [2.45, 2.75) is 25.8 Å². The van der Waals surface area contributed by atoms with Crippen LogP contribution < -0.4 is 30.8 Å². The summed E-state index contributed by atoms with van der Waals surface area (Å²) in [4.78, 5) is 47.1. The molecule has 13 heteroatoms. The molecule has 1 N–H and O–H groups in total. The summed E-state index contributed by atoms with van der Waals surface area (Å²) in [5.74, 6) is -1.08. The third-order valence-electron chi connectivity index (χ3n) is 8.21. The molecule has 0 unspecified atom stereocenters. The zero-order valence-electron chi connectivity index (χ0n) is 26.4. The Bertz CT molecular complexity index is 2090. The molecule has 6 rings (SSSR count). The highest BCUT2D eigenvalue weighted by atomic mass is 19.1. The average molecular weight is 658 g/mol. The molecule has 1 saturated heterocycles. The largest absolute Gasteiger partial charge is 0.493 e. The molecule has 3 aromatic carbocycles. The number of fused-ring (bicyclic) bond motifs is 1. The summed E-state index contributed by atoms with van der Waals surface area (Å²) < 4.78 is 47.8. The number of carbonyl (C=O) groups is 1. The fraction of sp³-hybridized carbons (Fsp3) is 0.257. The number of nitrogens with one attached hydrogen (secondary N) is 1. The number of rotatable bonds is 10. The van der Waals surface area contributed by atoms with Gasteiger partial charge in [-0.2, -0.15) is 0 Å². The Morgan fingerprint density at radius 1 is 0.854 bits per heavy atom. The predicted octanol–water partition coefficient (Wildman–Crippen LogP) is 5.37. The van der Waals surface area contributed by atoms with Gasteiger partial charge in [-0.3, -0.25) is 19.1 Å². The standard InChI is InChI=1S/C35H33F2N5O6/c1-46-31-19-25-28(20-32(31)47-2)38-13-12-29(25)48-30-11-8-23(18-27(30)37)39-33(43)26-21-41(17-16-40-14-4-3-5-15-40)35(45)42(34(26)44)24-9-6-22(36)7-10-24/h6-13,18-21H,3-5,14-17H2,1-2H3,(H,39,43). The zero-order valence-corrected chi connectivity index (χ0v) is 26.4. The zero-order chi connectivity index (χ0) is 33.8. The number of nitrogens with zero attached hydrogens (tertiary/aromatic N) is 4. The maximum Gasteiger partial charge on any atom is 0.335 e. The number of hydrogen-bond acceptors (Lipinski definition) is 8. The molecule has 0 aliphatic carbocycles. The molecule has 0 spiro atoms. The fourth-order valence-electron chi connectivity index (χ4n) is 5.68. The summed E-state index contributed by atoms with van der Waals surface area (Å²) in [5.41, 5.74) is -1.19. The minimum Gasteiger partial charge on any atom is -0.493 e. The molecule has 3 heterocycles. The van der Waals surface area contributed by atoms with Gasteiger partial charge in [0.25, 0.3) is 11.5 Å². The molecular formula is C35H33F2N5O6. The van der Waals surface area contributed by atoms with E-state index < -0.39 is 28.8 Å². The third kappa shape index (κ3) is 6.76. The number of amides is 1. The molecule has 0 saturated carbocycles. The minimum absolute atomic E-state index is 0.0506. The van der Waals surface area contributed by atoms with Crippen molar-refractivity contribution < 1.29 is 27.8 Å². The molecule has 48 heavy (non-hydrogen) atoms. The minimum atomic E-state index is -0.893. The van der Waals surface area contributed by atoms with E-state index in [0.29, 0.717) is 34.7 Å². The average Bonchev–Trinajstić information content (AvgIpc) is 3.09. The Balaban J connectivity index is 1.28. The summed E-state index contributed by atoms with van der Waals surface area (Å²) in [6, 6.07) is 13.6. The predicted molar refractivity (Wildman–Crippen MR) is 176 cm³/mol. The number of aromatic nitrogens is 3. The Hall–Kier alpha value is -5.56. The van der Waals surface area contributed by atoms with Gasteiger partial charge in [-0.15, -0.1) is 0 Å². The number of methoxy groups -OCH3 is 2. The number of anilines is 1. The number of halogens is 2. The lowest BCUT2D eigenvalue weighted by molar-refractivity contribution is 0.102. The van der Waals surface area contributed by atoms with Crippen molar-refractivity contribution in [3.8, 4) is 28.7 Å². The molecule has 248 valence electrons. The van der Waals surface area contributed by atoms with E-state index in [2.05, 4.69) is 15.2 Å². The fourth-order valence-corrected chi connectivity index (χ4v) is 5.68. The summed E-state index contributed by atoms with van der Waals surface area (Å²) in [6.07, 6.45) is 5.99. The van der Waals surface area contributed by atoms with Gasteiger partial charge in [0.1, 0.15) is 17.1 Å². The van der Waals surface area contributed by atoms with Gasteiger partial charge in [0.05, 0.1) is 25.4 Å². The Kier molecular flexibility index (Phi) is 9.48. The van der Waals surface area contributed by atoms with Crippen LogP contribution in [-0.2, 0) is 6.54 Å². The number of carbonyl (C=O) groups excluding carboxylic acids is 1. The third-order valence-corrected chi connectivity index (χ3v) is 8.21. The van der Waals surface area contributed by atoms with Crippen LogP contribution in [0.4, 0.5) is 14.5 Å². The van der Waals surface area contributed by atoms with Gasteiger partial charge in [0, 0.05) is 48.7 Å². The van der Waals surface area contributed by atoms with Crippen LogP contribution in [0.25, 0.3) is 16.6 Å². The van der Waals surface area contributed by atoms with E-state index in [1.165, 1.54) is 55.4 Å². The molecule has 1 amide bonds. The van der Waals surface area contributed by atoms with E-state index in [-0.39, 0.29) is 29.2 Å². The van der Waals surface area contributed by atoms with Crippen molar-refractivity contribution in [2.75, 3.05) is 39.2 Å². The first-order valence-corrected chi connectivity index (χ1v) is 15.4. The first-order valence-electron chi connectivity index (χ1n) is 15.4. The maximum atomic E-state index is 15.4. The van der Waals surface area contributed by atoms with Crippen LogP contribution in [0.15, 0.2) is 82.6 Å². The van der Waals surface area contributed by atoms with E-state index in [1.807, 2.05) is 0 Å². The van der Waals surface area contributed by atoms with E-state index in [9.17, 15) is 18.8 Å². The molecule has 1 aliphatic rings. The molecule has 2 aromatic heterocycles. The summed E-state index contributed by atoms with van der Waals surface area (Å²) in [6.45, 7) is 2.56. The number of piperidine rings is 1. The first kappa shape index (κ1) is 32.4. The van der Waals surface area contributed by atoms with Gasteiger partial charge < -0.3 is 24.4 Å². The van der Waals surface area contributed by atoms with Gasteiger partial charge in [0.2, 0.25) is 0 Å². The topological polar surface area (TPSA) is 117 Å². The Labute approximate surface area is 273 Å². The van der Waals surface area contributed by atoms with Gasteiger partial charge >= 0.3 is 5.69 Å². The molecule has 1 aliphatic heterocycles. The summed E-state index contributed by atoms with van der Waals surface area (Å²) >= 11 is 0. The second-order valence-corrected chi connectivity index (χ2v) is 11.3. The molecule has 0 bridgehead atoms. The molecule has 5 aromatic rings. The van der Waals surface area contributed by atoms with Crippen molar-refractivity contribution in [3.63, 3.8) is 0 Å². The van der Waals surface area contributed by atoms with Crippen LogP contribution >= 0.6 is 0 Å². The number of pyridine rings is 1. The van der Waals surface area contributed by atoms with Gasteiger partial charge in [-0.1, -0.05) is 6.42 Å². The summed E-state index contributed by atoms with van der Waals surface area (Å²) in [5, 5.41) is 3.11. The quantitative estimate of drug-likeness (QED) is 0.213. The Morgan fingerprint density at radius 2 is 1.58 bits per heavy atom. The Morgan fingerprint density at radius 3 is 2.29 bits per heavy atom. The van der Waals surface area contributed by atoms with Gasteiger partial charge in [0.15, 0.2) is 23.1 Å². The van der Waals surface area contributed by atoms with Crippen molar-refractivity contribution in [1.29, 1.82) is 0 Å². The van der Waals surface area contributed by atoms with Crippen molar-refractivity contribution in [2.24, 2.45) is 0 Å². The maximum absolute atomic E-state index is 15.4. The van der Waals surface area contributed by atoms with E-state index in [1.54, 1.807) is 18.2 Å². The normalized spacial score (nSPS) is 13.3. The second-order valence-electron chi connectivity index (χ2n) is 11.3. The van der Waals surface area contributed by atoms with Crippen LogP contribution in [0.2, 0.25) is 0 Å². The highest BCUT2D eigenvalue weighted by molar-refractivity contribution is 6.04. The van der Waals surface area contributed by atoms with E-state index in [4.69, 9.17) is 14.2 Å². The van der Waals surface area contributed by atoms with Crippen LogP contribution in [0.5, 0.6) is 23.0 Å². The van der Waals surface area contributed by atoms with Crippen LogP contribution in [-0.4, -0.2) is 58.8 Å². The monoisotopic (exact) mass is 657 g/mol. The van der Waals surface area contributed by atoms with Crippen molar-refractivity contribution in [3.05, 3.63) is 111 Å². The van der Waals surface area contributed by atoms with E-state index in [0.717, 1.165) is 55.1 Å². The molecular weight excluding hydrogens is 624 g/mol. The lowest BCUT2D eigenvalue weighted by Crippen LogP contribution is -2.44. The van der Waals surface area contributed by atoms with Crippen LogP contribution in [0, 0.1) is 11.6 Å². The lowest BCUT2D eigenvalue weighted by Gasteiger charge is -2.26. The number of hydrogen-bond donors (Lipinski definition) is 1. The molecule has 0 atom stereocenters. The molecule has 1 fully saturated rings. The van der Waals surface area contributed by atoms with Crippen LogP contribution in [0.3, 0.4) is 0 Å². The van der Waals surface area contributed by atoms with Gasteiger partial charge in [-0.05, 0) is 74.5 Å². The highest BCUT2D eigenvalue weighted by Crippen LogP contribution is 2.37. The van der Waals surface area contributed by atoms with E-state index >= 15 is 4.39 Å². The SMILES string of the molecule is COc1cc2nccc(Oc3ccc(NC(=O)c4cn(CCN5CCCCC5)c(=O)n(-c5ccc(F)cc5)c4=O)cc3F)c2cc1OC. The van der Waals surface area contributed by atoms with Crippen molar-refractivity contribution >= 4 is 22.5 Å². The lowest BCUT2D eigenvalue weighted by atomic mass is 10.1. The molecule has 0 radical (unpaired) electrons. The molecule has 11 nitrogen and oxygen atoms in total. The van der Waals surface area contributed by atoms with Gasteiger partial charge in [-0.25, -0.2) is 18.1 Å². The first-order chi connectivity index (χ1) is 23.2. The highest BCUT2D eigenvalue weighted by Gasteiger charge is 2.21. The van der Waals surface area contributed by atoms with Crippen molar-refractivity contribution in [1.82, 2.24) is 19.0 Å². The summed E-state index contributed by atoms with van der Waals surface area (Å²) in [7, 11) is 3.00.